The van der Waals surface area contributed by atoms with Crippen LogP contribution >= 0.6 is 0 Å². The van der Waals surface area contributed by atoms with E-state index in [9.17, 15) is 13.2 Å². The van der Waals surface area contributed by atoms with E-state index in [1.807, 2.05) is 26.0 Å². The van der Waals surface area contributed by atoms with Gasteiger partial charge in [-0.1, -0.05) is 44.9 Å². The fourth-order valence-corrected chi connectivity index (χ4v) is 3.36. The first kappa shape index (κ1) is 25.3. The van der Waals surface area contributed by atoms with E-state index >= 15 is 0 Å². The van der Waals surface area contributed by atoms with Gasteiger partial charge in [0.1, 0.15) is 17.1 Å². The number of aryl methyl sites for hydroxylation is 1. The van der Waals surface area contributed by atoms with Gasteiger partial charge in [-0.05, 0) is 62.1 Å². The standard InChI is InChI=1S/C26H31F3N4O/c1-4-6-7-10-19-11-8-9-12-23(19)32-24-22(26(27,28)29)17-30-25(33-24)31-20-13-15-21(16-14-20)34-18(3)5-2/h8-9,11-18H,4-7,10H2,1-3H3,(H2,30,31,32,33). The van der Waals surface area contributed by atoms with E-state index < -0.39 is 11.7 Å². The van der Waals surface area contributed by atoms with Crippen LogP contribution in [0.2, 0.25) is 0 Å². The molecule has 3 aromatic rings. The predicted octanol–water partition coefficient (Wildman–Crippen LogP) is 7.89. The lowest BCUT2D eigenvalue weighted by Gasteiger charge is -2.17. The molecule has 0 bridgehead atoms. The molecule has 34 heavy (non-hydrogen) atoms. The van der Waals surface area contributed by atoms with Crippen molar-refractivity contribution in [3.8, 4) is 5.75 Å². The van der Waals surface area contributed by atoms with Gasteiger partial charge in [0, 0.05) is 17.6 Å². The number of anilines is 4. The fourth-order valence-electron chi connectivity index (χ4n) is 3.36. The van der Waals surface area contributed by atoms with Crippen LogP contribution in [0, 0.1) is 0 Å². The third kappa shape index (κ3) is 7.10. The van der Waals surface area contributed by atoms with Crippen LogP contribution in [0.1, 0.15) is 57.6 Å². The average Bonchev–Trinajstić information content (AvgIpc) is 2.81. The molecular weight excluding hydrogens is 441 g/mol. The van der Waals surface area contributed by atoms with Crippen LogP contribution in [0.4, 0.5) is 36.3 Å². The van der Waals surface area contributed by atoms with Gasteiger partial charge in [-0.25, -0.2) is 4.98 Å². The Kier molecular flexibility index (Phi) is 8.73. The summed E-state index contributed by atoms with van der Waals surface area (Å²) < 4.78 is 46.8. The molecule has 0 fully saturated rings. The number of benzene rings is 2. The molecule has 3 rings (SSSR count). The van der Waals surface area contributed by atoms with E-state index in [-0.39, 0.29) is 17.9 Å². The zero-order valence-electron chi connectivity index (χ0n) is 19.7. The molecular formula is C26H31F3N4O. The fraction of sp³-hybridized carbons (Fsp3) is 0.385. The maximum atomic E-state index is 13.7. The van der Waals surface area contributed by atoms with Crippen molar-refractivity contribution in [2.45, 2.75) is 65.2 Å². The van der Waals surface area contributed by atoms with E-state index in [0.717, 1.165) is 49.6 Å². The maximum Gasteiger partial charge on any atom is 0.421 e. The summed E-state index contributed by atoms with van der Waals surface area (Å²) in [4.78, 5) is 8.06. The normalized spacial score (nSPS) is 12.3. The van der Waals surface area contributed by atoms with Gasteiger partial charge >= 0.3 is 6.18 Å². The van der Waals surface area contributed by atoms with E-state index in [0.29, 0.717) is 11.4 Å². The molecule has 182 valence electrons. The summed E-state index contributed by atoms with van der Waals surface area (Å²) in [5.41, 5.74) is 1.29. The van der Waals surface area contributed by atoms with Crippen molar-refractivity contribution < 1.29 is 17.9 Å². The summed E-state index contributed by atoms with van der Waals surface area (Å²) >= 11 is 0. The molecule has 2 N–H and O–H groups in total. The number of aromatic nitrogens is 2. The molecule has 5 nitrogen and oxygen atoms in total. The van der Waals surface area contributed by atoms with Gasteiger partial charge in [0.2, 0.25) is 5.95 Å². The lowest BCUT2D eigenvalue weighted by atomic mass is 10.1. The van der Waals surface area contributed by atoms with Crippen molar-refractivity contribution in [1.29, 1.82) is 0 Å². The quantitative estimate of drug-likeness (QED) is 0.278. The zero-order valence-corrected chi connectivity index (χ0v) is 19.7. The molecule has 0 amide bonds. The third-order valence-corrected chi connectivity index (χ3v) is 5.44. The summed E-state index contributed by atoms with van der Waals surface area (Å²) in [7, 11) is 0. The molecule has 0 aliphatic carbocycles. The van der Waals surface area contributed by atoms with E-state index in [1.54, 1.807) is 36.4 Å². The number of ether oxygens (including phenoxy) is 1. The summed E-state index contributed by atoms with van der Waals surface area (Å²) in [6.07, 6.45) is 1.07. The van der Waals surface area contributed by atoms with Crippen LogP contribution < -0.4 is 15.4 Å². The maximum absolute atomic E-state index is 13.7. The number of alkyl halides is 3. The minimum absolute atomic E-state index is 0.0644. The number of para-hydroxylation sites is 1. The van der Waals surface area contributed by atoms with Gasteiger partial charge in [-0.15, -0.1) is 0 Å². The minimum atomic E-state index is -4.59. The SMILES string of the molecule is CCCCCc1ccccc1Nc1nc(Nc2ccc(OC(C)CC)cc2)ncc1C(F)(F)F. The largest absolute Gasteiger partial charge is 0.491 e. The van der Waals surface area contributed by atoms with Gasteiger partial charge in [-0.3, -0.25) is 0 Å². The molecule has 0 spiro atoms. The average molecular weight is 473 g/mol. The Hall–Kier alpha value is -3.29. The zero-order chi connectivity index (χ0) is 24.6. The van der Waals surface area contributed by atoms with Crippen LogP contribution in [0.15, 0.2) is 54.7 Å². The number of rotatable bonds is 11. The topological polar surface area (TPSA) is 59.1 Å². The Labute approximate surface area is 198 Å². The van der Waals surface area contributed by atoms with Crippen molar-refractivity contribution >= 4 is 23.1 Å². The van der Waals surface area contributed by atoms with Crippen molar-refractivity contribution in [3.63, 3.8) is 0 Å². The van der Waals surface area contributed by atoms with E-state index in [2.05, 4.69) is 27.5 Å². The van der Waals surface area contributed by atoms with Crippen molar-refractivity contribution in [2.75, 3.05) is 10.6 Å². The highest BCUT2D eigenvalue weighted by Gasteiger charge is 2.35. The van der Waals surface area contributed by atoms with Gasteiger partial charge < -0.3 is 15.4 Å². The molecule has 1 unspecified atom stereocenters. The van der Waals surface area contributed by atoms with Crippen molar-refractivity contribution in [3.05, 3.63) is 65.9 Å². The Morgan fingerprint density at radius 1 is 0.971 bits per heavy atom. The lowest BCUT2D eigenvalue weighted by molar-refractivity contribution is -0.137. The summed E-state index contributed by atoms with van der Waals surface area (Å²) in [5.74, 6) is 0.495. The van der Waals surface area contributed by atoms with Gasteiger partial charge in [0.05, 0.1) is 6.10 Å². The molecule has 2 aromatic carbocycles. The van der Waals surface area contributed by atoms with Crippen LogP contribution in [-0.2, 0) is 12.6 Å². The molecule has 1 aromatic heterocycles. The first-order valence-electron chi connectivity index (χ1n) is 11.6. The number of unbranched alkanes of at least 4 members (excludes halogenated alkanes) is 2. The Bertz CT molecular complexity index is 1050. The van der Waals surface area contributed by atoms with Crippen LogP contribution in [-0.4, -0.2) is 16.1 Å². The Balaban J connectivity index is 1.84. The number of nitrogens with zero attached hydrogens (tertiary/aromatic N) is 2. The second kappa shape index (κ2) is 11.7. The van der Waals surface area contributed by atoms with E-state index in [4.69, 9.17) is 4.74 Å². The Morgan fingerprint density at radius 3 is 2.38 bits per heavy atom. The predicted molar refractivity (Wildman–Crippen MR) is 130 cm³/mol. The van der Waals surface area contributed by atoms with Crippen LogP contribution in [0.3, 0.4) is 0 Å². The number of hydrogen-bond donors (Lipinski definition) is 2. The van der Waals surface area contributed by atoms with E-state index in [1.165, 1.54) is 0 Å². The molecule has 1 heterocycles. The number of hydrogen-bond acceptors (Lipinski definition) is 5. The second-order valence-electron chi connectivity index (χ2n) is 8.18. The second-order valence-corrected chi connectivity index (χ2v) is 8.18. The molecule has 0 radical (unpaired) electrons. The summed E-state index contributed by atoms with van der Waals surface area (Å²) in [5, 5.41) is 5.88. The highest BCUT2D eigenvalue weighted by atomic mass is 19.4. The summed E-state index contributed by atoms with van der Waals surface area (Å²) in [6, 6.07) is 14.5. The molecule has 8 heteroatoms. The molecule has 1 atom stereocenters. The molecule has 0 aliphatic rings. The highest BCUT2D eigenvalue weighted by molar-refractivity contribution is 5.65. The van der Waals surface area contributed by atoms with Crippen molar-refractivity contribution in [2.24, 2.45) is 0 Å². The van der Waals surface area contributed by atoms with Gasteiger partial charge in [0.15, 0.2) is 0 Å². The van der Waals surface area contributed by atoms with Gasteiger partial charge in [0.25, 0.3) is 0 Å². The van der Waals surface area contributed by atoms with Crippen LogP contribution in [0.25, 0.3) is 0 Å². The monoisotopic (exact) mass is 472 g/mol. The number of nitrogens with one attached hydrogen (secondary N) is 2. The number of halogens is 3. The highest BCUT2D eigenvalue weighted by Crippen LogP contribution is 2.36. The first-order chi connectivity index (χ1) is 16.3. The van der Waals surface area contributed by atoms with Crippen LogP contribution in [0.5, 0.6) is 5.75 Å². The lowest BCUT2D eigenvalue weighted by Crippen LogP contribution is -2.13. The smallest absolute Gasteiger partial charge is 0.421 e. The van der Waals surface area contributed by atoms with Gasteiger partial charge in [-0.2, -0.15) is 18.2 Å². The first-order valence-corrected chi connectivity index (χ1v) is 11.6. The third-order valence-electron chi connectivity index (χ3n) is 5.44. The Morgan fingerprint density at radius 2 is 1.71 bits per heavy atom. The minimum Gasteiger partial charge on any atom is -0.491 e. The summed E-state index contributed by atoms with van der Waals surface area (Å²) in [6.45, 7) is 6.14. The molecule has 0 saturated heterocycles. The van der Waals surface area contributed by atoms with Crippen molar-refractivity contribution in [1.82, 2.24) is 9.97 Å². The molecule has 0 saturated carbocycles. The molecule has 0 aliphatic heterocycles.